The molecule has 7 nitrogen and oxygen atoms in total. The summed E-state index contributed by atoms with van der Waals surface area (Å²) < 4.78 is 10.4. The summed E-state index contributed by atoms with van der Waals surface area (Å²) in [5, 5.41) is 5.37. The number of hydrogen-bond acceptors (Lipinski definition) is 7. The molecule has 1 amide bonds. The van der Waals surface area contributed by atoms with Gasteiger partial charge in [0, 0.05) is 5.38 Å². The van der Waals surface area contributed by atoms with Crippen LogP contribution in [0.15, 0.2) is 41.8 Å². The molecule has 0 radical (unpaired) electrons. The van der Waals surface area contributed by atoms with Crippen LogP contribution in [0.3, 0.4) is 0 Å². The van der Waals surface area contributed by atoms with Crippen molar-refractivity contribution in [2.75, 3.05) is 12.4 Å². The Bertz CT molecular complexity index is 1040. The lowest BCUT2D eigenvalue weighted by Crippen LogP contribution is -2.15. The molecule has 1 aromatic carbocycles. The first kappa shape index (κ1) is 21.0. The zero-order chi connectivity index (χ0) is 20.8. The molecule has 0 spiro atoms. The van der Waals surface area contributed by atoms with Crippen LogP contribution in [0, 0.1) is 0 Å². The van der Waals surface area contributed by atoms with E-state index >= 15 is 0 Å². The molecule has 29 heavy (non-hydrogen) atoms. The number of ether oxygens (including phenoxy) is 2. The molecule has 0 atom stereocenters. The Morgan fingerprint density at radius 2 is 1.93 bits per heavy atom. The Kier molecular flexibility index (Phi) is 7.03. The van der Waals surface area contributed by atoms with E-state index in [2.05, 4.69) is 15.3 Å². The number of anilines is 1. The van der Waals surface area contributed by atoms with Crippen LogP contribution in [0.1, 0.15) is 21.2 Å². The highest BCUT2D eigenvalue weighted by Gasteiger charge is 2.16. The number of amides is 1. The van der Waals surface area contributed by atoms with Gasteiger partial charge in [-0.3, -0.25) is 4.79 Å². The number of methoxy groups -OCH3 is 1. The molecule has 0 saturated carbocycles. The maximum Gasteiger partial charge on any atom is 0.358 e. The Hall–Kier alpha value is -2.68. The molecule has 3 rings (SSSR count). The maximum absolute atomic E-state index is 12.3. The zero-order valence-electron chi connectivity index (χ0n) is 15.1. The summed E-state index contributed by atoms with van der Waals surface area (Å²) in [4.78, 5) is 32.5. The molecule has 0 fully saturated rings. The molecule has 0 saturated heterocycles. The first-order chi connectivity index (χ1) is 14.0. The van der Waals surface area contributed by atoms with Gasteiger partial charge in [0.25, 0.3) is 0 Å². The second-order valence-electron chi connectivity index (χ2n) is 5.70. The van der Waals surface area contributed by atoms with E-state index in [0.717, 1.165) is 0 Å². The topological polar surface area (TPSA) is 90.4 Å². The first-order valence-electron chi connectivity index (χ1n) is 8.31. The number of nitrogens with zero attached hydrogens (tertiary/aromatic N) is 2. The number of benzene rings is 1. The molecule has 0 aliphatic carbocycles. The number of carbonyl (C=O) groups is 2. The fraction of sp³-hybridized carbons (Fsp3) is 0.158. The molecule has 0 aliphatic heterocycles. The normalized spacial score (nSPS) is 10.4. The second-order valence-corrected chi connectivity index (χ2v) is 7.44. The molecule has 2 heterocycles. The lowest BCUT2D eigenvalue weighted by atomic mass is 10.3. The highest BCUT2D eigenvalue weighted by Crippen LogP contribution is 2.23. The van der Waals surface area contributed by atoms with Gasteiger partial charge in [-0.2, -0.15) is 0 Å². The lowest BCUT2D eigenvalue weighted by molar-refractivity contribution is -0.115. The Morgan fingerprint density at radius 1 is 1.14 bits per heavy atom. The number of esters is 1. The minimum Gasteiger partial charge on any atom is -0.495 e. The van der Waals surface area contributed by atoms with Crippen molar-refractivity contribution >= 4 is 52.1 Å². The number of pyridine rings is 1. The molecule has 2 aromatic heterocycles. The van der Waals surface area contributed by atoms with E-state index in [1.165, 1.54) is 30.6 Å². The smallest absolute Gasteiger partial charge is 0.358 e. The number of thiazole rings is 1. The number of aromatic nitrogens is 2. The summed E-state index contributed by atoms with van der Waals surface area (Å²) in [6, 6.07) is 10.1. The van der Waals surface area contributed by atoms with Crippen LogP contribution in [-0.2, 0) is 22.6 Å². The van der Waals surface area contributed by atoms with Crippen molar-refractivity contribution in [3.05, 3.63) is 68.3 Å². The fourth-order valence-electron chi connectivity index (χ4n) is 2.35. The van der Waals surface area contributed by atoms with Gasteiger partial charge in [-0.25, -0.2) is 14.8 Å². The van der Waals surface area contributed by atoms with E-state index in [9.17, 15) is 9.59 Å². The van der Waals surface area contributed by atoms with Crippen molar-refractivity contribution in [2.24, 2.45) is 0 Å². The molecule has 1 N–H and O–H groups in total. The van der Waals surface area contributed by atoms with E-state index in [1.54, 1.807) is 23.6 Å². The minimum absolute atomic E-state index is 0.0641. The van der Waals surface area contributed by atoms with Crippen LogP contribution >= 0.6 is 34.5 Å². The second kappa shape index (κ2) is 9.69. The summed E-state index contributed by atoms with van der Waals surface area (Å²) in [7, 11) is 1.53. The van der Waals surface area contributed by atoms with Gasteiger partial charge in [-0.1, -0.05) is 35.3 Å². The third kappa shape index (κ3) is 5.66. The fourth-order valence-corrected chi connectivity index (χ4v) is 3.45. The van der Waals surface area contributed by atoms with Crippen LogP contribution in [0.5, 0.6) is 5.75 Å². The molecule has 0 unspecified atom stereocenters. The third-order valence-corrected chi connectivity index (χ3v) is 5.06. The summed E-state index contributed by atoms with van der Waals surface area (Å²) in [5.41, 5.74) is 1.03. The molecule has 0 bridgehead atoms. The Labute approximate surface area is 180 Å². The van der Waals surface area contributed by atoms with Crippen molar-refractivity contribution in [1.29, 1.82) is 0 Å². The van der Waals surface area contributed by atoms with E-state index in [0.29, 0.717) is 22.1 Å². The predicted octanol–water partition coefficient (Wildman–Crippen LogP) is 4.39. The summed E-state index contributed by atoms with van der Waals surface area (Å²) >= 11 is 13.0. The number of carbonyl (C=O) groups excluding carboxylic acids is 2. The van der Waals surface area contributed by atoms with Gasteiger partial charge in [0.05, 0.1) is 29.9 Å². The van der Waals surface area contributed by atoms with E-state index in [4.69, 9.17) is 32.7 Å². The van der Waals surface area contributed by atoms with Crippen molar-refractivity contribution in [3.8, 4) is 5.75 Å². The highest BCUT2D eigenvalue weighted by atomic mass is 35.5. The van der Waals surface area contributed by atoms with Crippen LogP contribution < -0.4 is 10.1 Å². The predicted molar refractivity (Wildman–Crippen MR) is 111 cm³/mol. The van der Waals surface area contributed by atoms with Gasteiger partial charge < -0.3 is 14.8 Å². The van der Waals surface area contributed by atoms with Gasteiger partial charge >= 0.3 is 5.97 Å². The van der Waals surface area contributed by atoms with Crippen LogP contribution in [0.25, 0.3) is 0 Å². The van der Waals surface area contributed by atoms with Crippen molar-refractivity contribution in [2.45, 2.75) is 13.0 Å². The lowest BCUT2D eigenvalue weighted by Gasteiger charge is -2.08. The SMILES string of the molecule is COc1ccccc1NC(=O)Cc1nc(COC(=O)c2nc(Cl)ccc2Cl)cs1. The third-order valence-electron chi connectivity index (χ3n) is 3.65. The number of nitrogens with one attached hydrogen (secondary N) is 1. The number of hydrogen-bond donors (Lipinski definition) is 1. The molecule has 10 heteroatoms. The van der Waals surface area contributed by atoms with Gasteiger partial charge in [-0.15, -0.1) is 11.3 Å². The van der Waals surface area contributed by atoms with Gasteiger partial charge in [0.2, 0.25) is 5.91 Å². The van der Waals surface area contributed by atoms with Gasteiger partial charge in [-0.05, 0) is 24.3 Å². The highest BCUT2D eigenvalue weighted by molar-refractivity contribution is 7.09. The maximum atomic E-state index is 12.3. The van der Waals surface area contributed by atoms with Gasteiger partial charge in [0.15, 0.2) is 5.69 Å². The Morgan fingerprint density at radius 3 is 2.72 bits per heavy atom. The van der Waals surface area contributed by atoms with Crippen LogP contribution in [0.4, 0.5) is 5.69 Å². The number of para-hydroxylation sites is 2. The minimum atomic E-state index is -0.707. The van der Waals surface area contributed by atoms with Crippen molar-refractivity contribution in [1.82, 2.24) is 9.97 Å². The summed E-state index contributed by atoms with van der Waals surface area (Å²) in [6.45, 7) is -0.0754. The summed E-state index contributed by atoms with van der Waals surface area (Å²) in [5.74, 6) is -0.371. The number of rotatable bonds is 7. The van der Waals surface area contributed by atoms with E-state index in [-0.39, 0.29) is 34.8 Å². The van der Waals surface area contributed by atoms with E-state index < -0.39 is 5.97 Å². The van der Waals surface area contributed by atoms with Crippen LogP contribution in [0.2, 0.25) is 10.2 Å². The Balaban J connectivity index is 1.56. The monoisotopic (exact) mass is 451 g/mol. The quantitative estimate of drug-likeness (QED) is 0.423. The number of halogens is 2. The van der Waals surface area contributed by atoms with Gasteiger partial charge in [0.1, 0.15) is 22.5 Å². The molecule has 0 aliphatic rings. The molecule has 3 aromatic rings. The molecule has 150 valence electrons. The zero-order valence-corrected chi connectivity index (χ0v) is 17.5. The van der Waals surface area contributed by atoms with Crippen molar-refractivity contribution < 1.29 is 19.1 Å². The first-order valence-corrected chi connectivity index (χ1v) is 9.95. The largest absolute Gasteiger partial charge is 0.495 e. The average molecular weight is 452 g/mol. The summed E-state index contributed by atoms with van der Waals surface area (Å²) in [6.07, 6.45) is 0.0817. The average Bonchev–Trinajstić information content (AvgIpc) is 3.15. The molecular formula is C19H15Cl2N3O4S. The standard InChI is InChI=1S/C19H15Cl2N3O4S/c1-27-14-5-3-2-4-13(14)23-16(25)8-17-22-11(10-29-17)9-28-19(26)18-12(20)6-7-15(21)24-18/h2-7,10H,8-9H2,1H3,(H,23,25). The van der Waals surface area contributed by atoms with Crippen LogP contribution in [-0.4, -0.2) is 29.0 Å². The molecular weight excluding hydrogens is 437 g/mol. The van der Waals surface area contributed by atoms with E-state index in [1.807, 2.05) is 6.07 Å². The van der Waals surface area contributed by atoms with Crippen molar-refractivity contribution in [3.63, 3.8) is 0 Å².